The molecular weight excluding hydrogens is 335 g/mol. The number of nitrogens with zero attached hydrogens (tertiary/aromatic N) is 3. The summed E-state index contributed by atoms with van der Waals surface area (Å²) in [5.74, 6) is -0.530. The molecule has 0 fully saturated rings. The van der Waals surface area contributed by atoms with Crippen LogP contribution >= 0.6 is 0 Å². The van der Waals surface area contributed by atoms with Gasteiger partial charge in [0.2, 0.25) is 0 Å². The van der Waals surface area contributed by atoms with Gasteiger partial charge in [0.25, 0.3) is 5.91 Å². The van der Waals surface area contributed by atoms with Crippen LogP contribution < -0.4 is 10.1 Å². The molecule has 1 heterocycles. The van der Waals surface area contributed by atoms with Gasteiger partial charge in [-0.25, -0.2) is 4.39 Å². The molecule has 0 bridgehead atoms. The molecule has 7 heteroatoms. The molecule has 1 N–H and O–H groups in total. The molecule has 0 saturated carbocycles. The number of hydrogen-bond donors (Lipinski definition) is 1. The Labute approximate surface area is 150 Å². The highest BCUT2D eigenvalue weighted by Gasteiger charge is 2.22. The third-order valence-corrected chi connectivity index (χ3v) is 3.78. The van der Waals surface area contributed by atoms with Crippen molar-refractivity contribution in [1.82, 2.24) is 15.0 Å². The predicted molar refractivity (Wildman–Crippen MR) is 95.8 cm³/mol. The molecule has 1 unspecified atom stereocenters. The zero-order valence-electron chi connectivity index (χ0n) is 14.5. The maximum absolute atomic E-state index is 13.7. The van der Waals surface area contributed by atoms with Gasteiger partial charge in [-0.15, -0.1) is 9.90 Å². The van der Waals surface area contributed by atoms with E-state index in [1.54, 1.807) is 26.0 Å². The number of nitrogens with one attached hydrogen (secondary N) is 1. The third kappa shape index (κ3) is 3.88. The molecule has 134 valence electrons. The highest BCUT2D eigenvalue weighted by Crippen LogP contribution is 2.19. The van der Waals surface area contributed by atoms with Crippen molar-refractivity contribution < 1.29 is 13.9 Å². The molecule has 0 aliphatic rings. The van der Waals surface area contributed by atoms with Crippen molar-refractivity contribution in [3.8, 4) is 11.4 Å². The Kier molecular flexibility index (Phi) is 5.26. The maximum atomic E-state index is 13.7. The van der Waals surface area contributed by atoms with Crippen LogP contribution in [-0.4, -0.2) is 27.0 Å². The molecule has 2 aromatic carbocycles. The highest BCUT2D eigenvalue weighted by atomic mass is 19.1. The molecule has 3 aromatic rings. The number of aryl methyl sites for hydroxylation is 1. The molecule has 0 saturated heterocycles. The second-order valence-electron chi connectivity index (χ2n) is 5.69. The number of benzene rings is 2. The summed E-state index contributed by atoms with van der Waals surface area (Å²) in [5, 5.41) is 11.3. The lowest BCUT2D eigenvalue weighted by Crippen LogP contribution is -2.33. The van der Waals surface area contributed by atoms with Crippen LogP contribution in [0.3, 0.4) is 0 Å². The molecule has 0 spiro atoms. The normalized spacial score (nSPS) is 11.8. The molecule has 1 aromatic heterocycles. The molecule has 0 aliphatic carbocycles. The Morgan fingerprint density at radius 3 is 2.54 bits per heavy atom. The van der Waals surface area contributed by atoms with Gasteiger partial charge in [-0.05, 0) is 37.6 Å². The number of carbonyl (C=O) groups is 1. The summed E-state index contributed by atoms with van der Waals surface area (Å²) >= 11 is 0. The number of para-hydroxylation sites is 2. The van der Waals surface area contributed by atoms with Crippen LogP contribution in [0.5, 0.6) is 5.75 Å². The van der Waals surface area contributed by atoms with E-state index in [1.807, 2.05) is 30.3 Å². The lowest BCUT2D eigenvalue weighted by atomic mass is 10.2. The van der Waals surface area contributed by atoms with Crippen molar-refractivity contribution in [2.24, 2.45) is 0 Å². The summed E-state index contributed by atoms with van der Waals surface area (Å²) in [7, 11) is 0. The van der Waals surface area contributed by atoms with Crippen molar-refractivity contribution in [2.75, 3.05) is 5.32 Å². The van der Waals surface area contributed by atoms with E-state index >= 15 is 0 Å². The number of halogens is 1. The van der Waals surface area contributed by atoms with Gasteiger partial charge < -0.3 is 10.1 Å². The first-order valence-electron chi connectivity index (χ1n) is 8.30. The number of hydrogen-bond acceptors (Lipinski definition) is 4. The summed E-state index contributed by atoms with van der Waals surface area (Å²) in [5.41, 5.74) is 1.36. The maximum Gasteiger partial charge on any atom is 0.266 e. The summed E-state index contributed by atoms with van der Waals surface area (Å²) in [6.07, 6.45) is -0.459. The number of anilines is 1. The Morgan fingerprint density at radius 2 is 1.85 bits per heavy atom. The SMILES string of the molecule is CCC(Oc1ccccc1F)C(=O)Nc1nn(-c2ccccc2)nc1C. The average molecular weight is 354 g/mol. The molecule has 0 radical (unpaired) electrons. The van der Waals surface area contributed by atoms with Gasteiger partial charge in [-0.2, -0.15) is 5.10 Å². The van der Waals surface area contributed by atoms with Crippen LogP contribution in [0.1, 0.15) is 19.0 Å². The standard InChI is InChI=1S/C19H19FN4O2/c1-3-16(26-17-12-8-7-11-15(17)20)19(25)21-18-13(2)22-24(23-18)14-9-5-4-6-10-14/h4-12,16H,3H2,1-2H3,(H,21,23,25). The monoisotopic (exact) mass is 354 g/mol. The van der Waals surface area contributed by atoms with Gasteiger partial charge in [-0.3, -0.25) is 4.79 Å². The van der Waals surface area contributed by atoms with Crippen LogP contribution in [0.4, 0.5) is 10.2 Å². The predicted octanol–water partition coefficient (Wildman–Crippen LogP) is 3.51. The zero-order valence-corrected chi connectivity index (χ0v) is 14.5. The van der Waals surface area contributed by atoms with Crippen molar-refractivity contribution >= 4 is 11.7 Å². The fourth-order valence-electron chi connectivity index (χ4n) is 2.38. The third-order valence-electron chi connectivity index (χ3n) is 3.78. The van der Waals surface area contributed by atoms with E-state index in [4.69, 9.17) is 4.74 Å². The number of aromatic nitrogens is 3. The molecule has 3 rings (SSSR count). The number of rotatable bonds is 6. The quantitative estimate of drug-likeness (QED) is 0.735. The first-order valence-corrected chi connectivity index (χ1v) is 8.30. The summed E-state index contributed by atoms with van der Waals surface area (Å²) in [4.78, 5) is 14.0. The lowest BCUT2D eigenvalue weighted by Gasteiger charge is -2.16. The molecule has 6 nitrogen and oxygen atoms in total. The Bertz CT molecular complexity index is 896. The van der Waals surface area contributed by atoms with E-state index in [0.717, 1.165) is 5.69 Å². The first-order chi connectivity index (χ1) is 12.6. The van der Waals surface area contributed by atoms with Crippen molar-refractivity contribution in [2.45, 2.75) is 26.4 Å². The Hall–Kier alpha value is -3.22. The summed E-state index contributed by atoms with van der Waals surface area (Å²) < 4.78 is 19.3. The summed E-state index contributed by atoms with van der Waals surface area (Å²) in [6.45, 7) is 3.54. The van der Waals surface area contributed by atoms with Gasteiger partial charge in [0.05, 0.1) is 5.69 Å². The number of amides is 1. The molecular formula is C19H19FN4O2. The van der Waals surface area contributed by atoms with Gasteiger partial charge in [-0.1, -0.05) is 37.3 Å². The molecule has 1 amide bonds. The van der Waals surface area contributed by atoms with Gasteiger partial charge in [0.1, 0.15) is 5.69 Å². The van der Waals surface area contributed by atoms with Crippen LogP contribution in [0.25, 0.3) is 5.69 Å². The Morgan fingerprint density at radius 1 is 1.15 bits per heavy atom. The number of carbonyl (C=O) groups excluding carboxylic acids is 1. The second-order valence-corrected chi connectivity index (χ2v) is 5.69. The zero-order chi connectivity index (χ0) is 18.5. The van der Waals surface area contributed by atoms with E-state index in [2.05, 4.69) is 15.5 Å². The minimum absolute atomic E-state index is 0.0409. The first kappa shape index (κ1) is 17.6. The molecule has 1 atom stereocenters. The van der Waals surface area contributed by atoms with E-state index in [9.17, 15) is 9.18 Å². The number of ether oxygens (including phenoxy) is 1. The van der Waals surface area contributed by atoms with E-state index in [1.165, 1.54) is 16.9 Å². The van der Waals surface area contributed by atoms with Crippen LogP contribution in [0.15, 0.2) is 54.6 Å². The second kappa shape index (κ2) is 7.77. The fourth-order valence-corrected chi connectivity index (χ4v) is 2.38. The minimum atomic E-state index is -0.840. The topological polar surface area (TPSA) is 69.0 Å². The largest absolute Gasteiger partial charge is 0.478 e. The van der Waals surface area contributed by atoms with Gasteiger partial charge in [0, 0.05) is 0 Å². The van der Waals surface area contributed by atoms with Crippen molar-refractivity contribution in [3.63, 3.8) is 0 Å². The summed E-state index contributed by atoms with van der Waals surface area (Å²) in [6, 6.07) is 15.4. The molecule has 0 aliphatic heterocycles. The average Bonchev–Trinajstić information content (AvgIpc) is 3.02. The van der Waals surface area contributed by atoms with Gasteiger partial charge in [0.15, 0.2) is 23.5 Å². The van der Waals surface area contributed by atoms with E-state index in [-0.39, 0.29) is 5.75 Å². The van der Waals surface area contributed by atoms with E-state index in [0.29, 0.717) is 17.9 Å². The van der Waals surface area contributed by atoms with Crippen molar-refractivity contribution in [3.05, 3.63) is 66.1 Å². The Balaban J connectivity index is 1.74. The fraction of sp³-hybridized carbons (Fsp3) is 0.211. The van der Waals surface area contributed by atoms with Crippen LogP contribution in [0.2, 0.25) is 0 Å². The van der Waals surface area contributed by atoms with Gasteiger partial charge >= 0.3 is 0 Å². The smallest absolute Gasteiger partial charge is 0.266 e. The van der Waals surface area contributed by atoms with Crippen LogP contribution in [0, 0.1) is 12.7 Å². The molecule has 26 heavy (non-hydrogen) atoms. The minimum Gasteiger partial charge on any atom is -0.478 e. The lowest BCUT2D eigenvalue weighted by molar-refractivity contribution is -0.122. The van der Waals surface area contributed by atoms with Crippen molar-refractivity contribution in [1.29, 1.82) is 0 Å². The highest BCUT2D eigenvalue weighted by molar-refractivity contribution is 5.93. The van der Waals surface area contributed by atoms with Crippen LogP contribution in [-0.2, 0) is 4.79 Å². The van der Waals surface area contributed by atoms with E-state index < -0.39 is 17.8 Å².